The van der Waals surface area contributed by atoms with Crippen LogP contribution in [0.5, 0.6) is 0 Å². The topological polar surface area (TPSA) is 87.8 Å². The van der Waals surface area contributed by atoms with E-state index < -0.39 is 21.7 Å². The largest absolute Gasteiger partial charge is 0.407 e. The highest BCUT2D eigenvalue weighted by Gasteiger charge is 2.60. The molecule has 0 radical (unpaired) electrons. The number of pyridine rings is 1. The maximum atomic E-state index is 13.5. The van der Waals surface area contributed by atoms with Gasteiger partial charge in [-0.3, -0.25) is 4.98 Å². The van der Waals surface area contributed by atoms with Gasteiger partial charge in [-0.1, -0.05) is 25.0 Å². The molecule has 0 amide bonds. The highest BCUT2D eigenvalue weighted by atomic mass is 32.2. The molecule has 6 nitrogen and oxygen atoms in total. The number of halogens is 3. The first-order valence-corrected chi connectivity index (χ1v) is 13.2. The van der Waals surface area contributed by atoms with Crippen molar-refractivity contribution in [2.45, 2.75) is 74.5 Å². The summed E-state index contributed by atoms with van der Waals surface area (Å²) < 4.78 is 70.2. The fourth-order valence-corrected chi connectivity index (χ4v) is 6.69. The molecule has 0 saturated heterocycles. The van der Waals surface area contributed by atoms with Gasteiger partial charge in [-0.25, -0.2) is 8.42 Å². The van der Waals surface area contributed by atoms with E-state index in [0.29, 0.717) is 23.4 Å². The molecule has 10 heteroatoms. The van der Waals surface area contributed by atoms with Crippen LogP contribution in [0.2, 0.25) is 0 Å². The van der Waals surface area contributed by atoms with Gasteiger partial charge in [-0.15, -0.1) is 0 Å². The summed E-state index contributed by atoms with van der Waals surface area (Å²) in [5, 5.41) is 10.8. The maximum absolute atomic E-state index is 13.5. The van der Waals surface area contributed by atoms with Crippen molar-refractivity contribution in [3.05, 3.63) is 47.7 Å². The molecule has 35 heavy (non-hydrogen) atoms. The van der Waals surface area contributed by atoms with Gasteiger partial charge in [0.05, 0.1) is 22.5 Å². The third-order valence-electron chi connectivity index (χ3n) is 7.33. The van der Waals surface area contributed by atoms with E-state index >= 15 is 0 Å². The van der Waals surface area contributed by atoms with Crippen LogP contribution in [0, 0.1) is 18.3 Å². The number of hydrogen-bond acceptors (Lipinski definition) is 4. The smallest absolute Gasteiger partial charge is 0.335 e. The minimum absolute atomic E-state index is 0.188. The summed E-state index contributed by atoms with van der Waals surface area (Å²) in [5.74, 6) is 0. The summed E-state index contributed by atoms with van der Waals surface area (Å²) in [6.07, 6.45) is 0.223. The van der Waals surface area contributed by atoms with E-state index in [2.05, 4.69) is 15.6 Å². The fourth-order valence-electron chi connectivity index (χ4n) is 5.30. The molecule has 2 heterocycles. The Balaban J connectivity index is 1.58. The van der Waals surface area contributed by atoms with Gasteiger partial charge in [-0.2, -0.15) is 23.2 Å². The van der Waals surface area contributed by atoms with Gasteiger partial charge in [0.1, 0.15) is 16.5 Å². The molecule has 3 aromatic rings. The zero-order valence-electron chi connectivity index (χ0n) is 19.2. The van der Waals surface area contributed by atoms with Gasteiger partial charge in [0.2, 0.25) is 10.0 Å². The molecule has 2 saturated carbocycles. The summed E-state index contributed by atoms with van der Waals surface area (Å²) in [4.78, 5) is 4.00. The van der Waals surface area contributed by atoms with Crippen molar-refractivity contribution in [1.82, 2.24) is 14.3 Å². The monoisotopic (exact) mass is 502 g/mol. The van der Waals surface area contributed by atoms with Crippen LogP contribution in [-0.4, -0.2) is 29.7 Å². The molecule has 2 aromatic heterocycles. The number of fused-ring (bicyclic) bond motifs is 1. The van der Waals surface area contributed by atoms with Gasteiger partial charge in [0.25, 0.3) is 0 Å². The van der Waals surface area contributed by atoms with Gasteiger partial charge in [-0.05, 0) is 62.8 Å². The second-order valence-corrected chi connectivity index (χ2v) is 11.3. The Bertz CT molecular complexity index is 1430. The molecular formula is C25H25F3N4O2S. The summed E-state index contributed by atoms with van der Waals surface area (Å²) in [7, 11) is -4.44. The van der Waals surface area contributed by atoms with Crippen LogP contribution in [0.3, 0.4) is 0 Å². The Morgan fingerprint density at radius 2 is 1.86 bits per heavy atom. The number of alkyl halides is 3. The predicted molar refractivity (Wildman–Crippen MR) is 125 cm³/mol. The van der Waals surface area contributed by atoms with E-state index in [1.807, 2.05) is 29.8 Å². The van der Waals surface area contributed by atoms with Crippen LogP contribution >= 0.6 is 0 Å². The molecule has 2 aliphatic carbocycles. The summed E-state index contributed by atoms with van der Waals surface area (Å²) in [6.45, 7) is 1.98. The third-order valence-corrected chi connectivity index (χ3v) is 8.85. The van der Waals surface area contributed by atoms with E-state index in [1.165, 1.54) is 12.1 Å². The maximum Gasteiger partial charge on any atom is 0.407 e. The molecule has 0 spiro atoms. The molecular weight excluding hydrogens is 477 g/mol. The predicted octanol–water partition coefficient (Wildman–Crippen LogP) is 5.76. The number of hydrogen-bond donors (Lipinski definition) is 1. The highest BCUT2D eigenvalue weighted by molar-refractivity contribution is 7.89. The van der Waals surface area contributed by atoms with Crippen LogP contribution in [0.1, 0.15) is 62.1 Å². The van der Waals surface area contributed by atoms with Gasteiger partial charge in [0, 0.05) is 17.6 Å². The summed E-state index contributed by atoms with van der Waals surface area (Å²) in [6, 6.07) is 11.1. The first-order chi connectivity index (χ1) is 16.6. The standard InChI is InChI=1S/C25H25F3N4O2S/c1-16-7-9-19-20(14-29)23(32(22(19)13-16)17-5-2-3-6-17)21-10-8-18(15-30-21)35(33,34)31-24(11-4-12-24)25(26,27)28/h7-10,13,15,17,31H,2-6,11-12H2,1H3. The first kappa shape index (κ1) is 23.8. The van der Waals surface area contributed by atoms with Crippen molar-refractivity contribution >= 4 is 20.9 Å². The molecule has 0 atom stereocenters. The number of sulfonamides is 1. The van der Waals surface area contributed by atoms with E-state index in [1.54, 1.807) is 0 Å². The molecule has 184 valence electrons. The van der Waals surface area contributed by atoms with E-state index in [0.717, 1.165) is 48.3 Å². The van der Waals surface area contributed by atoms with Gasteiger partial charge >= 0.3 is 6.18 Å². The van der Waals surface area contributed by atoms with E-state index in [-0.39, 0.29) is 23.8 Å². The van der Waals surface area contributed by atoms with Crippen molar-refractivity contribution in [3.8, 4) is 17.5 Å². The number of nitrogens with zero attached hydrogens (tertiary/aromatic N) is 3. The van der Waals surface area contributed by atoms with Crippen molar-refractivity contribution in [2.75, 3.05) is 0 Å². The summed E-state index contributed by atoms with van der Waals surface area (Å²) >= 11 is 0. The average Bonchev–Trinajstić information content (AvgIpc) is 3.41. The Hall–Kier alpha value is -2.90. The quantitative estimate of drug-likeness (QED) is 0.480. The molecule has 0 bridgehead atoms. The Morgan fingerprint density at radius 3 is 2.40 bits per heavy atom. The van der Waals surface area contributed by atoms with E-state index in [9.17, 15) is 26.9 Å². The van der Waals surface area contributed by atoms with Crippen molar-refractivity contribution in [2.24, 2.45) is 0 Å². The minimum Gasteiger partial charge on any atom is -0.335 e. The Kier molecular flexibility index (Phi) is 5.68. The summed E-state index contributed by atoms with van der Waals surface area (Å²) in [5.41, 5.74) is 1.04. The molecule has 2 aliphatic rings. The number of aryl methyl sites for hydroxylation is 1. The normalized spacial score (nSPS) is 18.5. The van der Waals surface area contributed by atoms with Crippen molar-refractivity contribution < 1.29 is 21.6 Å². The van der Waals surface area contributed by atoms with Crippen molar-refractivity contribution in [1.29, 1.82) is 5.26 Å². The van der Waals surface area contributed by atoms with Crippen LogP contribution in [0.15, 0.2) is 41.4 Å². The zero-order chi connectivity index (χ0) is 25.0. The molecule has 1 N–H and O–H groups in total. The first-order valence-electron chi connectivity index (χ1n) is 11.7. The lowest BCUT2D eigenvalue weighted by Gasteiger charge is -2.43. The highest BCUT2D eigenvalue weighted by Crippen LogP contribution is 2.46. The minimum atomic E-state index is -4.67. The third kappa shape index (κ3) is 3.91. The second-order valence-electron chi connectivity index (χ2n) is 9.58. The van der Waals surface area contributed by atoms with Crippen LogP contribution in [0.4, 0.5) is 13.2 Å². The lowest BCUT2D eigenvalue weighted by Crippen LogP contribution is -2.62. The Morgan fingerprint density at radius 1 is 1.14 bits per heavy atom. The Labute approximate surface area is 201 Å². The lowest BCUT2D eigenvalue weighted by atomic mass is 9.77. The molecule has 1 aromatic carbocycles. The van der Waals surface area contributed by atoms with E-state index in [4.69, 9.17) is 0 Å². The van der Waals surface area contributed by atoms with Crippen molar-refractivity contribution in [3.63, 3.8) is 0 Å². The second kappa shape index (κ2) is 8.35. The fraction of sp³-hybridized carbons (Fsp3) is 0.440. The average molecular weight is 503 g/mol. The number of benzene rings is 1. The molecule has 2 fully saturated rings. The number of nitriles is 1. The van der Waals surface area contributed by atoms with Crippen LogP contribution < -0.4 is 4.72 Å². The van der Waals surface area contributed by atoms with Crippen LogP contribution in [0.25, 0.3) is 22.3 Å². The molecule has 0 unspecified atom stereocenters. The lowest BCUT2D eigenvalue weighted by molar-refractivity contribution is -0.212. The number of aromatic nitrogens is 2. The number of nitrogens with one attached hydrogen (secondary N) is 1. The number of rotatable bonds is 5. The molecule has 5 rings (SSSR count). The van der Waals surface area contributed by atoms with Crippen LogP contribution in [-0.2, 0) is 10.0 Å². The zero-order valence-corrected chi connectivity index (χ0v) is 20.0. The van der Waals surface area contributed by atoms with Gasteiger partial charge in [0.15, 0.2) is 0 Å². The SMILES string of the molecule is Cc1ccc2c(C#N)c(-c3ccc(S(=O)(=O)NC4(C(F)(F)F)CCC4)cn3)n(C3CCCC3)c2c1. The molecule has 0 aliphatic heterocycles. The van der Waals surface area contributed by atoms with Gasteiger partial charge < -0.3 is 4.57 Å².